The van der Waals surface area contributed by atoms with Crippen molar-refractivity contribution < 1.29 is 23.1 Å². The largest absolute Gasteiger partial charge is 0.478 e. The SMILES string of the molecule is CC(C)NCc1cc(C(=O)O)cc(C(F)(F)F)c1. The number of halogens is 3. The standard InChI is InChI=1S/C12H14F3NO2/c1-7(2)16-6-8-3-9(11(17)18)5-10(4-8)12(13,14)15/h3-5,7,16H,6H2,1-2H3,(H,17,18). The minimum atomic E-state index is -4.54. The normalized spacial score (nSPS) is 11.9. The quantitative estimate of drug-likeness (QED) is 0.876. The summed E-state index contributed by atoms with van der Waals surface area (Å²) in [6, 6.07) is 2.95. The highest BCUT2D eigenvalue weighted by molar-refractivity contribution is 5.88. The lowest BCUT2D eigenvalue weighted by Crippen LogP contribution is -2.22. The van der Waals surface area contributed by atoms with Gasteiger partial charge in [0.1, 0.15) is 0 Å². The van der Waals surface area contributed by atoms with Crippen LogP contribution in [0.1, 0.15) is 35.3 Å². The number of carbonyl (C=O) groups is 1. The Balaban J connectivity index is 3.10. The molecule has 0 saturated carbocycles. The van der Waals surface area contributed by atoms with Gasteiger partial charge in [-0.3, -0.25) is 0 Å². The molecule has 1 rings (SSSR count). The molecule has 0 bridgehead atoms. The molecule has 1 aromatic carbocycles. The number of benzene rings is 1. The van der Waals surface area contributed by atoms with Crippen molar-refractivity contribution >= 4 is 5.97 Å². The van der Waals surface area contributed by atoms with Crippen molar-refractivity contribution in [3.63, 3.8) is 0 Å². The minimum Gasteiger partial charge on any atom is -0.478 e. The van der Waals surface area contributed by atoms with E-state index >= 15 is 0 Å². The zero-order valence-corrected chi connectivity index (χ0v) is 10.0. The number of carboxylic acids is 1. The fraction of sp³-hybridized carbons (Fsp3) is 0.417. The topological polar surface area (TPSA) is 49.3 Å². The highest BCUT2D eigenvalue weighted by atomic mass is 19.4. The van der Waals surface area contributed by atoms with Gasteiger partial charge >= 0.3 is 12.1 Å². The van der Waals surface area contributed by atoms with Gasteiger partial charge < -0.3 is 10.4 Å². The van der Waals surface area contributed by atoms with E-state index in [1.54, 1.807) is 0 Å². The number of nitrogens with one attached hydrogen (secondary N) is 1. The molecular weight excluding hydrogens is 247 g/mol. The van der Waals surface area contributed by atoms with Gasteiger partial charge in [0.15, 0.2) is 0 Å². The summed E-state index contributed by atoms with van der Waals surface area (Å²) in [5, 5.41) is 11.7. The van der Waals surface area contributed by atoms with Crippen LogP contribution in [0.2, 0.25) is 0 Å². The van der Waals surface area contributed by atoms with Gasteiger partial charge in [-0.15, -0.1) is 0 Å². The zero-order valence-electron chi connectivity index (χ0n) is 10.0. The van der Waals surface area contributed by atoms with Crippen LogP contribution in [-0.2, 0) is 12.7 Å². The molecule has 0 saturated heterocycles. The van der Waals surface area contributed by atoms with Crippen LogP contribution in [0.5, 0.6) is 0 Å². The Morgan fingerprint density at radius 3 is 2.39 bits per heavy atom. The Morgan fingerprint density at radius 2 is 1.94 bits per heavy atom. The molecular formula is C12H14F3NO2. The molecule has 0 heterocycles. The predicted molar refractivity (Wildman–Crippen MR) is 60.4 cm³/mol. The molecule has 18 heavy (non-hydrogen) atoms. The van der Waals surface area contributed by atoms with E-state index in [0.717, 1.165) is 6.07 Å². The summed E-state index contributed by atoms with van der Waals surface area (Å²) in [4.78, 5) is 10.8. The molecule has 3 nitrogen and oxygen atoms in total. The average Bonchev–Trinajstić information content (AvgIpc) is 2.24. The molecule has 0 aromatic heterocycles. The monoisotopic (exact) mass is 261 g/mol. The molecule has 0 unspecified atom stereocenters. The van der Waals surface area contributed by atoms with E-state index in [0.29, 0.717) is 11.6 Å². The molecule has 0 amide bonds. The second-order valence-electron chi connectivity index (χ2n) is 4.26. The molecule has 6 heteroatoms. The van der Waals surface area contributed by atoms with Gasteiger partial charge in [-0.2, -0.15) is 13.2 Å². The maximum Gasteiger partial charge on any atom is 0.416 e. The van der Waals surface area contributed by atoms with Crippen LogP contribution in [0.15, 0.2) is 18.2 Å². The van der Waals surface area contributed by atoms with Gasteiger partial charge in [-0.05, 0) is 23.8 Å². The lowest BCUT2D eigenvalue weighted by atomic mass is 10.0. The summed E-state index contributed by atoms with van der Waals surface area (Å²) in [5.74, 6) is -1.37. The second kappa shape index (κ2) is 5.39. The first-order valence-electron chi connectivity index (χ1n) is 5.38. The van der Waals surface area contributed by atoms with Crippen molar-refractivity contribution in [2.24, 2.45) is 0 Å². The molecule has 1 aromatic rings. The summed E-state index contributed by atoms with van der Waals surface area (Å²) in [5.41, 5.74) is -0.996. The lowest BCUT2D eigenvalue weighted by Gasteiger charge is -2.12. The number of carboxylic acid groups (broad SMARTS) is 1. The molecule has 2 N–H and O–H groups in total. The average molecular weight is 261 g/mol. The highest BCUT2D eigenvalue weighted by Crippen LogP contribution is 2.30. The molecule has 0 spiro atoms. The Hall–Kier alpha value is -1.56. The van der Waals surface area contributed by atoms with Crippen molar-refractivity contribution in [1.82, 2.24) is 5.32 Å². The van der Waals surface area contributed by atoms with Crippen LogP contribution in [0.3, 0.4) is 0 Å². The van der Waals surface area contributed by atoms with Gasteiger partial charge in [0.25, 0.3) is 0 Å². The fourth-order valence-electron chi connectivity index (χ4n) is 1.40. The first-order valence-corrected chi connectivity index (χ1v) is 5.38. The number of alkyl halides is 3. The third-order valence-electron chi connectivity index (χ3n) is 2.28. The van der Waals surface area contributed by atoms with Gasteiger partial charge in [-0.1, -0.05) is 13.8 Å². The number of aromatic carboxylic acids is 1. The van der Waals surface area contributed by atoms with Crippen molar-refractivity contribution in [3.05, 3.63) is 34.9 Å². The van der Waals surface area contributed by atoms with Crippen LogP contribution in [0, 0.1) is 0 Å². The minimum absolute atomic E-state index is 0.104. The summed E-state index contributed by atoms with van der Waals surface area (Å²) >= 11 is 0. The number of rotatable bonds is 4. The lowest BCUT2D eigenvalue weighted by molar-refractivity contribution is -0.137. The van der Waals surface area contributed by atoms with Crippen LogP contribution in [0.25, 0.3) is 0 Å². The van der Waals surface area contributed by atoms with Crippen LogP contribution >= 0.6 is 0 Å². The van der Waals surface area contributed by atoms with Crippen molar-refractivity contribution in [3.8, 4) is 0 Å². The highest BCUT2D eigenvalue weighted by Gasteiger charge is 2.31. The smallest absolute Gasteiger partial charge is 0.416 e. The summed E-state index contributed by atoms with van der Waals surface area (Å²) in [6.07, 6.45) is -4.54. The molecule has 100 valence electrons. The maximum absolute atomic E-state index is 12.6. The van der Waals surface area contributed by atoms with Crippen molar-refractivity contribution in [2.45, 2.75) is 32.6 Å². The molecule has 0 atom stereocenters. The maximum atomic E-state index is 12.6. The van der Waals surface area contributed by atoms with Crippen molar-refractivity contribution in [2.75, 3.05) is 0 Å². The van der Waals surface area contributed by atoms with E-state index in [1.807, 2.05) is 13.8 Å². The number of hydrogen-bond acceptors (Lipinski definition) is 2. The Bertz CT molecular complexity index is 441. The second-order valence-corrected chi connectivity index (χ2v) is 4.26. The first kappa shape index (κ1) is 14.5. The molecule has 0 radical (unpaired) electrons. The zero-order chi connectivity index (χ0) is 13.9. The van der Waals surface area contributed by atoms with Crippen LogP contribution < -0.4 is 5.32 Å². The van der Waals surface area contributed by atoms with E-state index < -0.39 is 17.7 Å². The summed E-state index contributed by atoms with van der Waals surface area (Å²) < 4.78 is 37.8. The molecule has 0 aliphatic carbocycles. The van der Waals surface area contributed by atoms with E-state index in [-0.39, 0.29) is 18.2 Å². The Morgan fingerprint density at radius 1 is 1.33 bits per heavy atom. The third kappa shape index (κ3) is 4.03. The summed E-state index contributed by atoms with van der Waals surface area (Å²) in [7, 11) is 0. The van der Waals surface area contributed by atoms with Crippen molar-refractivity contribution in [1.29, 1.82) is 0 Å². The van der Waals surface area contributed by atoms with E-state index in [4.69, 9.17) is 5.11 Å². The fourth-order valence-corrected chi connectivity index (χ4v) is 1.40. The Kier molecular flexibility index (Phi) is 4.34. The van der Waals surface area contributed by atoms with Crippen LogP contribution in [0.4, 0.5) is 13.2 Å². The van der Waals surface area contributed by atoms with Gasteiger partial charge in [0.05, 0.1) is 11.1 Å². The molecule has 0 aliphatic rings. The third-order valence-corrected chi connectivity index (χ3v) is 2.28. The first-order chi connectivity index (χ1) is 8.20. The number of hydrogen-bond donors (Lipinski definition) is 2. The van der Waals surface area contributed by atoms with Gasteiger partial charge in [0, 0.05) is 12.6 Å². The summed E-state index contributed by atoms with van der Waals surface area (Å²) in [6.45, 7) is 3.90. The predicted octanol–water partition coefficient (Wildman–Crippen LogP) is 2.90. The van der Waals surface area contributed by atoms with E-state index in [2.05, 4.69) is 5.32 Å². The van der Waals surface area contributed by atoms with Gasteiger partial charge in [-0.25, -0.2) is 4.79 Å². The van der Waals surface area contributed by atoms with E-state index in [1.165, 1.54) is 6.07 Å². The van der Waals surface area contributed by atoms with E-state index in [9.17, 15) is 18.0 Å². The molecule has 0 aliphatic heterocycles. The van der Waals surface area contributed by atoms with Crippen LogP contribution in [-0.4, -0.2) is 17.1 Å². The Labute approximate surface area is 103 Å². The molecule has 0 fully saturated rings. The van der Waals surface area contributed by atoms with Gasteiger partial charge in [0.2, 0.25) is 0 Å².